The number of amides is 1. The quantitative estimate of drug-likeness (QED) is 0.537. The van der Waals surface area contributed by atoms with Crippen molar-refractivity contribution in [2.75, 3.05) is 11.9 Å². The Morgan fingerprint density at radius 2 is 1.97 bits per heavy atom. The zero-order valence-electron chi connectivity index (χ0n) is 16.9. The van der Waals surface area contributed by atoms with Gasteiger partial charge in [-0.1, -0.05) is 0 Å². The first kappa shape index (κ1) is 21.3. The Morgan fingerprint density at radius 1 is 1.24 bits per heavy atom. The van der Waals surface area contributed by atoms with Crippen molar-refractivity contribution in [2.45, 2.75) is 41.3 Å². The molecule has 0 spiro atoms. The van der Waals surface area contributed by atoms with Crippen molar-refractivity contribution in [3.05, 3.63) is 49.8 Å². The number of hydrogen-bond acceptors (Lipinski definition) is 6. The van der Waals surface area contributed by atoms with Crippen LogP contribution in [-0.2, 0) is 11.4 Å². The highest BCUT2D eigenvalue weighted by Crippen LogP contribution is 2.33. The number of rotatable bonds is 6. The summed E-state index contributed by atoms with van der Waals surface area (Å²) in [5.41, 5.74) is 3.33. The summed E-state index contributed by atoms with van der Waals surface area (Å²) >= 11 is 4.85. The normalized spacial score (nSPS) is 11.0. The van der Waals surface area contributed by atoms with Gasteiger partial charge in [-0.25, -0.2) is 9.48 Å². The molecule has 3 rings (SSSR count). The van der Waals surface area contributed by atoms with E-state index in [9.17, 15) is 9.59 Å². The van der Waals surface area contributed by atoms with Crippen LogP contribution in [0.1, 0.15) is 49.6 Å². The highest BCUT2D eigenvalue weighted by atomic mass is 79.9. The second kappa shape index (κ2) is 8.50. The molecule has 0 fully saturated rings. The SMILES string of the molecule is CCOC(=O)c1c(NC(=O)c2ccn(Cn3nc(C)c(Br)c3C)n2)sc(C)c1C. The van der Waals surface area contributed by atoms with Gasteiger partial charge in [0, 0.05) is 11.1 Å². The zero-order valence-corrected chi connectivity index (χ0v) is 19.3. The van der Waals surface area contributed by atoms with E-state index < -0.39 is 5.97 Å². The summed E-state index contributed by atoms with van der Waals surface area (Å²) in [6, 6.07) is 1.63. The van der Waals surface area contributed by atoms with Crippen LogP contribution >= 0.6 is 27.3 Å². The average Bonchev–Trinajstić information content (AvgIpc) is 3.31. The molecule has 0 aromatic carbocycles. The molecule has 29 heavy (non-hydrogen) atoms. The summed E-state index contributed by atoms with van der Waals surface area (Å²) in [4.78, 5) is 25.9. The van der Waals surface area contributed by atoms with Crippen molar-refractivity contribution in [1.29, 1.82) is 0 Å². The van der Waals surface area contributed by atoms with E-state index in [1.54, 1.807) is 28.6 Å². The first-order valence-corrected chi connectivity index (χ1v) is 10.6. The van der Waals surface area contributed by atoms with Crippen LogP contribution in [0.5, 0.6) is 0 Å². The van der Waals surface area contributed by atoms with Crippen molar-refractivity contribution in [3.8, 4) is 0 Å². The van der Waals surface area contributed by atoms with Crippen LogP contribution in [0.2, 0.25) is 0 Å². The molecule has 0 atom stereocenters. The topological polar surface area (TPSA) is 91.0 Å². The summed E-state index contributed by atoms with van der Waals surface area (Å²) in [5.74, 6) is -0.824. The molecule has 0 aliphatic carbocycles. The number of nitrogens with one attached hydrogen (secondary N) is 1. The fourth-order valence-corrected chi connectivity index (χ4v) is 4.17. The van der Waals surface area contributed by atoms with Gasteiger partial charge >= 0.3 is 5.97 Å². The number of anilines is 1. The summed E-state index contributed by atoms with van der Waals surface area (Å²) in [5, 5.41) is 12.1. The number of carbonyl (C=O) groups excluding carboxylic acids is 2. The van der Waals surface area contributed by atoms with Crippen LogP contribution in [-0.4, -0.2) is 38.0 Å². The van der Waals surface area contributed by atoms with Gasteiger partial charge in [0.25, 0.3) is 5.91 Å². The third-order valence-electron chi connectivity index (χ3n) is 4.54. The Bertz CT molecular complexity index is 1080. The van der Waals surface area contributed by atoms with Crippen LogP contribution in [0.15, 0.2) is 16.7 Å². The van der Waals surface area contributed by atoms with Gasteiger partial charge in [0.15, 0.2) is 5.69 Å². The third-order valence-corrected chi connectivity index (χ3v) is 6.81. The van der Waals surface area contributed by atoms with Crippen molar-refractivity contribution < 1.29 is 14.3 Å². The molecule has 1 N–H and O–H groups in total. The highest BCUT2D eigenvalue weighted by molar-refractivity contribution is 9.10. The Labute approximate surface area is 181 Å². The molecule has 3 aromatic rings. The molecule has 3 aromatic heterocycles. The first-order valence-electron chi connectivity index (χ1n) is 9.04. The minimum atomic E-state index is -0.440. The maximum atomic E-state index is 12.7. The largest absolute Gasteiger partial charge is 0.462 e. The number of aromatic nitrogens is 4. The molecular weight excluding hydrogens is 458 g/mol. The third kappa shape index (κ3) is 4.27. The van der Waals surface area contributed by atoms with Crippen molar-refractivity contribution in [2.24, 2.45) is 0 Å². The first-order chi connectivity index (χ1) is 13.7. The summed E-state index contributed by atoms with van der Waals surface area (Å²) in [7, 11) is 0. The highest BCUT2D eigenvalue weighted by Gasteiger charge is 2.23. The molecule has 0 saturated carbocycles. The lowest BCUT2D eigenvalue weighted by Gasteiger charge is -2.06. The van der Waals surface area contributed by atoms with Gasteiger partial charge in [0.05, 0.1) is 28.0 Å². The van der Waals surface area contributed by atoms with Crippen LogP contribution < -0.4 is 5.32 Å². The number of ether oxygens (including phenoxy) is 1. The number of esters is 1. The molecule has 0 bridgehead atoms. The predicted molar refractivity (Wildman–Crippen MR) is 115 cm³/mol. The lowest BCUT2D eigenvalue weighted by molar-refractivity contribution is 0.0527. The van der Waals surface area contributed by atoms with Crippen molar-refractivity contribution >= 4 is 44.1 Å². The van der Waals surface area contributed by atoms with Gasteiger partial charge < -0.3 is 10.1 Å². The standard InChI is InChI=1S/C19H22BrN5O3S/c1-6-28-19(27)15-10(2)13(5)29-18(15)21-17(26)14-7-8-24(23-14)9-25-12(4)16(20)11(3)22-25/h7-8H,6,9H2,1-5H3,(H,21,26). The Morgan fingerprint density at radius 3 is 2.59 bits per heavy atom. The van der Waals surface area contributed by atoms with Gasteiger partial charge in [-0.3, -0.25) is 9.48 Å². The molecule has 154 valence electrons. The molecule has 0 unspecified atom stereocenters. The number of aryl methyl sites for hydroxylation is 2. The minimum absolute atomic E-state index is 0.254. The number of nitrogens with zero attached hydrogens (tertiary/aromatic N) is 4. The van der Waals surface area contributed by atoms with Crippen LogP contribution in [0.25, 0.3) is 0 Å². The minimum Gasteiger partial charge on any atom is -0.462 e. The lowest BCUT2D eigenvalue weighted by atomic mass is 10.1. The maximum Gasteiger partial charge on any atom is 0.341 e. The van der Waals surface area contributed by atoms with E-state index >= 15 is 0 Å². The van der Waals surface area contributed by atoms with Crippen LogP contribution in [0.3, 0.4) is 0 Å². The van der Waals surface area contributed by atoms with E-state index in [0.29, 0.717) is 17.2 Å². The van der Waals surface area contributed by atoms with E-state index in [4.69, 9.17) is 4.74 Å². The van der Waals surface area contributed by atoms with Gasteiger partial charge in [-0.15, -0.1) is 11.3 Å². The molecule has 0 saturated heterocycles. The second-order valence-corrected chi connectivity index (χ2v) is 8.55. The Balaban J connectivity index is 1.78. The van der Waals surface area contributed by atoms with E-state index in [2.05, 4.69) is 31.4 Å². The zero-order chi connectivity index (χ0) is 21.3. The smallest absolute Gasteiger partial charge is 0.341 e. The number of halogens is 1. The van der Waals surface area contributed by atoms with Gasteiger partial charge in [-0.2, -0.15) is 10.2 Å². The average molecular weight is 480 g/mol. The van der Waals surface area contributed by atoms with Crippen molar-refractivity contribution in [3.63, 3.8) is 0 Å². The molecule has 0 aliphatic rings. The number of carbonyl (C=O) groups is 2. The maximum absolute atomic E-state index is 12.7. The summed E-state index contributed by atoms with van der Waals surface area (Å²) in [6.45, 7) is 10.0. The van der Waals surface area contributed by atoms with E-state index in [1.165, 1.54) is 11.3 Å². The molecule has 0 aliphatic heterocycles. The fraction of sp³-hybridized carbons (Fsp3) is 0.368. The van der Waals surface area contributed by atoms with Gasteiger partial charge in [-0.05, 0) is 62.2 Å². The molecule has 1 amide bonds. The van der Waals surface area contributed by atoms with Crippen molar-refractivity contribution in [1.82, 2.24) is 19.6 Å². The number of thiophene rings is 1. The molecular formula is C19H22BrN5O3S. The Kier molecular flexibility index (Phi) is 6.23. The van der Waals surface area contributed by atoms with Crippen LogP contribution in [0.4, 0.5) is 5.00 Å². The lowest BCUT2D eigenvalue weighted by Crippen LogP contribution is -2.17. The van der Waals surface area contributed by atoms with Gasteiger partial charge in [0.2, 0.25) is 0 Å². The molecule has 10 heteroatoms. The number of hydrogen-bond donors (Lipinski definition) is 1. The summed E-state index contributed by atoms with van der Waals surface area (Å²) < 4.78 is 9.52. The van der Waals surface area contributed by atoms with E-state index in [-0.39, 0.29) is 18.2 Å². The molecule has 0 radical (unpaired) electrons. The van der Waals surface area contributed by atoms with Gasteiger partial charge in [0.1, 0.15) is 11.7 Å². The second-order valence-electron chi connectivity index (χ2n) is 6.53. The summed E-state index contributed by atoms with van der Waals surface area (Å²) in [6.07, 6.45) is 1.72. The Hall–Kier alpha value is -2.46. The fourth-order valence-electron chi connectivity index (χ4n) is 2.84. The predicted octanol–water partition coefficient (Wildman–Crippen LogP) is 4.07. The van der Waals surface area contributed by atoms with E-state index in [0.717, 1.165) is 26.3 Å². The van der Waals surface area contributed by atoms with Crippen LogP contribution in [0, 0.1) is 27.7 Å². The van der Waals surface area contributed by atoms with E-state index in [1.807, 2.05) is 27.7 Å². The monoisotopic (exact) mass is 479 g/mol. The molecule has 3 heterocycles. The molecule has 8 nitrogen and oxygen atoms in total.